The monoisotopic (exact) mass is 307 g/mol. The third-order valence-corrected chi connectivity index (χ3v) is 3.30. The summed E-state index contributed by atoms with van der Waals surface area (Å²) < 4.78 is 7.69. The minimum absolute atomic E-state index is 0.179. The van der Waals surface area contributed by atoms with Gasteiger partial charge in [-0.2, -0.15) is 0 Å². The van der Waals surface area contributed by atoms with Crippen LogP contribution in [0.3, 0.4) is 0 Å². The molecule has 0 aliphatic heterocycles. The van der Waals surface area contributed by atoms with Crippen LogP contribution in [0.4, 0.5) is 0 Å². The zero-order valence-electron chi connectivity index (χ0n) is 13.7. The van der Waals surface area contributed by atoms with E-state index in [9.17, 15) is 0 Å². The highest BCUT2D eigenvalue weighted by Gasteiger charge is 2.13. The van der Waals surface area contributed by atoms with Gasteiger partial charge in [-0.1, -0.05) is 44.2 Å². The maximum absolute atomic E-state index is 5.80. The fourth-order valence-corrected chi connectivity index (χ4v) is 2.31. The molecule has 0 unspecified atom stereocenters. The van der Waals surface area contributed by atoms with E-state index in [1.54, 1.807) is 0 Å². The van der Waals surface area contributed by atoms with Crippen molar-refractivity contribution in [3.63, 3.8) is 0 Å². The Labute approximate surface area is 136 Å². The summed E-state index contributed by atoms with van der Waals surface area (Å²) in [5.74, 6) is 1.64. The van der Waals surface area contributed by atoms with Crippen molar-refractivity contribution in [2.45, 2.75) is 27.3 Å². The van der Waals surface area contributed by atoms with Gasteiger partial charge in [0.25, 0.3) is 0 Å². The van der Waals surface area contributed by atoms with Crippen LogP contribution in [0.2, 0.25) is 0 Å². The number of hydrogen-bond donors (Lipinski definition) is 0. The quantitative estimate of drug-likeness (QED) is 0.696. The molecule has 4 nitrogen and oxygen atoms in total. The molecule has 118 valence electrons. The Kier molecular flexibility index (Phi) is 4.15. The highest BCUT2D eigenvalue weighted by atomic mass is 16.5. The molecule has 0 N–H and O–H groups in total. The van der Waals surface area contributed by atoms with Crippen LogP contribution >= 0.6 is 0 Å². The fraction of sp³-hybridized carbons (Fsp3) is 0.263. The molecule has 0 aliphatic carbocycles. The molecule has 2 aromatic carbocycles. The molecule has 0 atom stereocenters. The van der Waals surface area contributed by atoms with Gasteiger partial charge in [-0.05, 0) is 41.8 Å². The highest BCUT2D eigenvalue weighted by Crippen LogP contribution is 2.25. The highest BCUT2D eigenvalue weighted by molar-refractivity contribution is 5.58. The number of para-hydroxylation sites is 1. The zero-order valence-corrected chi connectivity index (χ0v) is 13.7. The molecular weight excluding hydrogens is 286 g/mol. The van der Waals surface area contributed by atoms with Crippen molar-refractivity contribution in [2.24, 2.45) is 5.41 Å². The van der Waals surface area contributed by atoms with Crippen molar-refractivity contribution in [1.29, 1.82) is 0 Å². The van der Waals surface area contributed by atoms with Crippen LogP contribution in [-0.4, -0.2) is 15.0 Å². The molecule has 0 saturated carbocycles. The summed E-state index contributed by atoms with van der Waals surface area (Å²) in [6.45, 7) is 7.40. The van der Waals surface area contributed by atoms with Gasteiger partial charge in [0.1, 0.15) is 17.2 Å². The fourth-order valence-electron chi connectivity index (χ4n) is 2.31. The van der Waals surface area contributed by atoms with Gasteiger partial charge in [-0.25, -0.2) is 0 Å². The van der Waals surface area contributed by atoms with E-state index in [1.165, 1.54) is 0 Å². The molecule has 0 bridgehead atoms. The Balaban J connectivity index is 1.72. The number of ether oxygens (including phenoxy) is 1. The molecule has 3 aromatic rings. The van der Waals surface area contributed by atoms with Gasteiger partial charge in [-0.3, -0.25) is 4.68 Å². The summed E-state index contributed by atoms with van der Waals surface area (Å²) in [6.07, 6.45) is 1.98. The number of aromatic nitrogens is 3. The van der Waals surface area contributed by atoms with Crippen molar-refractivity contribution >= 4 is 0 Å². The van der Waals surface area contributed by atoms with Crippen LogP contribution < -0.4 is 4.74 Å². The summed E-state index contributed by atoms with van der Waals surface area (Å²) in [6, 6.07) is 17.7. The van der Waals surface area contributed by atoms with E-state index < -0.39 is 0 Å². The minimum Gasteiger partial charge on any atom is -0.457 e. The first-order valence-electron chi connectivity index (χ1n) is 7.73. The van der Waals surface area contributed by atoms with Gasteiger partial charge in [0, 0.05) is 12.1 Å². The summed E-state index contributed by atoms with van der Waals surface area (Å²) >= 11 is 0. The Morgan fingerprint density at radius 3 is 2.22 bits per heavy atom. The third-order valence-electron chi connectivity index (χ3n) is 3.30. The Hall–Kier alpha value is -2.62. The molecule has 1 heterocycles. The lowest BCUT2D eigenvalue weighted by Gasteiger charge is -2.16. The van der Waals surface area contributed by atoms with Gasteiger partial charge < -0.3 is 4.74 Å². The van der Waals surface area contributed by atoms with Crippen molar-refractivity contribution in [1.82, 2.24) is 15.0 Å². The molecule has 0 saturated heterocycles. The standard InChI is InChI=1S/C19H21N3O/c1-19(2,3)14-22-13-18(20-21-22)15-9-11-17(12-10-15)23-16-7-5-4-6-8-16/h4-13H,14H2,1-3H3. The third kappa shape index (κ3) is 4.19. The molecule has 0 radical (unpaired) electrons. The molecular formula is C19H21N3O. The second-order valence-electron chi connectivity index (χ2n) is 6.80. The van der Waals surface area contributed by atoms with Gasteiger partial charge in [0.05, 0.1) is 6.20 Å². The van der Waals surface area contributed by atoms with Crippen LogP contribution in [0.1, 0.15) is 20.8 Å². The van der Waals surface area contributed by atoms with Gasteiger partial charge in [-0.15, -0.1) is 5.10 Å². The summed E-state index contributed by atoms with van der Waals surface area (Å²) in [7, 11) is 0. The number of rotatable bonds is 4. The molecule has 0 fully saturated rings. The second kappa shape index (κ2) is 6.24. The molecule has 0 aliphatic rings. The topological polar surface area (TPSA) is 39.9 Å². The van der Waals surface area contributed by atoms with Crippen LogP contribution in [0.15, 0.2) is 60.8 Å². The Morgan fingerprint density at radius 1 is 0.913 bits per heavy atom. The molecule has 3 rings (SSSR count). The molecule has 1 aromatic heterocycles. The number of benzene rings is 2. The zero-order chi connectivity index (χ0) is 16.3. The van der Waals surface area contributed by atoms with E-state index in [0.29, 0.717) is 0 Å². The summed E-state index contributed by atoms with van der Waals surface area (Å²) in [5.41, 5.74) is 2.09. The first-order valence-corrected chi connectivity index (χ1v) is 7.73. The lowest BCUT2D eigenvalue weighted by molar-refractivity contribution is 0.321. The van der Waals surface area contributed by atoms with E-state index in [1.807, 2.05) is 65.5 Å². The van der Waals surface area contributed by atoms with E-state index in [2.05, 4.69) is 31.1 Å². The van der Waals surface area contributed by atoms with Crippen molar-refractivity contribution < 1.29 is 4.74 Å². The molecule has 23 heavy (non-hydrogen) atoms. The van der Waals surface area contributed by atoms with Crippen molar-refractivity contribution in [3.8, 4) is 22.8 Å². The molecule has 0 amide bonds. The minimum atomic E-state index is 0.179. The summed E-state index contributed by atoms with van der Waals surface area (Å²) in [4.78, 5) is 0. The smallest absolute Gasteiger partial charge is 0.127 e. The lowest BCUT2D eigenvalue weighted by Crippen LogP contribution is -2.15. The van der Waals surface area contributed by atoms with Crippen molar-refractivity contribution in [2.75, 3.05) is 0 Å². The van der Waals surface area contributed by atoms with Crippen LogP contribution in [0.5, 0.6) is 11.5 Å². The molecule has 0 spiro atoms. The normalized spacial score (nSPS) is 11.4. The Bertz CT molecular complexity index is 755. The maximum Gasteiger partial charge on any atom is 0.127 e. The van der Waals surface area contributed by atoms with E-state index in [0.717, 1.165) is 29.3 Å². The van der Waals surface area contributed by atoms with Gasteiger partial charge in [0.2, 0.25) is 0 Å². The van der Waals surface area contributed by atoms with Crippen LogP contribution in [0.25, 0.3) is 11.3 Å². The van der Waals surface area contributed by atoms with Crippen LogP contribution in [-0.2, 0) is 6.54 Å². The van der Waals surface area contributed by atoms with E-state index in [-0.39, 0.29) is 5.41 Å². The second-order valence-corrected chi connectivity index (χ2v) is 6.80. The van der Waals surface area contributed by atoms with E-state index in [4.69, 9.17) is 4.74 Å². The average molecular weight is 307 g/mol. The van der Waals surface area contributed by atoms with Gasteiger partial charge >= 0.3 is 0 Å². The molecule has 4 heteroatoms. The average Bonchev–Trinajstić information content (AvgIpc) is 2.95. The maximum atomic E-state index is 5.80. The van der Waals surface area contributed by atoms with Crippen molar-refractivity contribution in [3.05, 3.63) is 60.8 Å². The SMILES string of the molecule is CC(C)(C)Cn1cc(-c2ccc(Oc3ccccc3)cc2)nn1. The van der Waals surface area contributed by atoms with Crippen LogP contribution in [0, 0.1) is 5.41 Å². The lowest BCUT2D eigenvalue weighted by atomic mass is 9.97. The summed E-state index contributed by atoms with van der Waals surface area (Å²) in [5, 5.41) is 8.46. The van der Waals surface area contributed by atoms with E-state index >= 15 is 0 Å². The largest absolute Gasteiger partial charge is 0.457 e. The predicted molar refractivity (Wildman–Crippen MR) is 91.4 cm³/mol. The number of hydrogen-bond acceptors (Lipinski definition) is 3. The Morgan fingerprint density at radius 2 is 1.57 bits per heavy atom. The predicted octanol–water partition coefficient (Wildman–Crippen LogP) is 4.78. The first kappa shape index (κ1) is 15.3. The first-order chi connectivity index (χ1) is 11.0. The van der Waals surface area contributed by atoms with Gasteiger partial charge in [0.15, 0.2) is 0 Å². The number of nitrogens with zero attached hydrogens (tertiary/aromatic N) is 3.